The molecule has 1 atom stereocenters. The highest BCUT2D eigenvalue weighted by Gasteiger charge is 2.07. The Balaban J connectivity index is 1.86. The Morgan fingerprint density at radius 2 is 2.04 bits per heavy atom. The van der Waals surface area contributed by atoms with E-state index in [1.165, 1.54) is 0 Å². The molecule has 1 unspecified atom stereocenters. The fourth-order valence-corrected chi connectivity index (χ4v) is 2.98. The minimum absolute atomic E-state index is 0.0142. The number of hydrogen-bond donors (Lipinski definition) is 2. The third-order valence-electron chi connectivity index (χ3n) is 3.37. The summed E-state index contributed by atoms with van der Waals surface area (Å²) in [4.78, 5) is 11.1. The van der Waals surface area contributed by atoms with Gasteiger partial charge in [0.05, 0.1) is 18.8 Å². The molecule has 0 aliphatic heterocycles. The lowest BCUT2D eigenvalue weighted by Crippen LogP contribution is -2.41. The van der Waals surface area contributed by atoms with Crippen molar-refractivity contribution in [1.29, 1.82) is 0 Å². The van der Waals surface area contributed by atoms with Crippen molar-refractivity contribution in [2.75, 3.05) is 32.1 Å². The van der Waals surface area contributed by atoms with E-state index in [1.807, 2.05) is 62.5 Å². The molecule has 142 valence electrons. The summed E-state index contributed by atoms with van der Waals surface area (Å²) in [6, 6.07) is 7.36. The van der Waals surface area contributed by atoms with Gasteiger partial charge < -0.3 is 20.3 Å². The van der Waals surface area contributed by atoms with Gasteiger partial charge in [-0.05, 0) is 38.1 Å². The maximum absolute atomic E-state index is 5.89. The third kappa shape index (κ3) is 6.72. The van der Waals surface area contributed by atoms with Gasteiger partial charge in [0.15, 0.2) is 11.1 Å². The van der Waals surface area contributed by atoms with E-state index in [2.05, 4.69) is 20.6 Å². The van der Waals surface area contributed by atoms with E-state index in [4.69, 9.17) is 16.3 Å². The number of benzene rings is 1. The van der Waals surface area contributed by atoms with Gasteiger partial charge in [0.25, 0.3) is 0 Å². The van der Waals surface area contributed by atoms with E-state index in [-0.39, 0.29) is 6.10 Å². The van der Waals surface area contributed by atoms with E-state index in [1.54, 1.807) is 11.3 Å². The molecule has 0 spiro atoms. The summed E-state index contributed by atoms with van der Waals surface area (Å²) in [5, 5.41) is 10.3. The van der Waals surface area contributed by atoms with E-state index in [9.17, 15) is 0 Å². The Labute approximate surface area is 164 Å². The summed E-state index contributed by atoms with van der Waals surface area (Å²) < 4.78 is 5.87. The third-order valence-corrected chi connectivity index (χ3v) is 4.68. The highest BCUT2D eigenvalue weighted by Crippen LogP contribution is 2.18. The zero-order valence-corrected chi connectivity index (χ0v) is 17.2. The molecule has 0 radical (unpaired) electrons. The van der Waals surface area contributed by atoms with Crippen LogP contribution in [0.2, 0.25) is 5.02 Å². The van der Waals surface area contributed by atoms with Gasteiger partial charge in [-0.2, -0.15) is 0 Å². The van der Waals surface area contributed by atoms with Crippen LogP contribution in [0.1, 0.15) is 19.5 Å². The summed E-state index contributed by atoms with van der Waals surface area (Å²) in [5.41, 5.74) is 0.960. The van der Waals surface area contributed by atoms with Gasteiger partial charge in [-0.15, -0.1) is 11.3 Å². The second kappa shape index (κ2) is 10.2. The molecule has 2 N–H and O–H groups in total. The number of halogens is 1. The Hall–Kier alpha value is -1.99. The molecule has 1 heterocycles. The van der Waals surface area contributed by atoms with E-state index >= 15 is 0 Å². The van der Waals surface area contributed by atoms with Gasteiger partial charge in [-0.3, -0.25) is 0 Å². The topological polar surface area (TPSA) is 61.8 Å². The lowest BCUT2D eigenvalue weighted by atomic mass is 10.3. The smallest absolute Gasteiger partial charge is 0.191 e. The number of rotatable bonds is 8. The van der Waals surface area contributed by atoms with Crippen molar-refractivity contribution in [1.82, 2.24) is 15.6 Å². The van der Waals surface area contributed by atoms with E-state index in [0.29, 0.717) is 18.1 Å². The van der Waals surface area contributed by atoms with Gasteiger partial charge in [-0.25, -0.2) is 9.98 Å². The van der Waals surface area contributed by atoms with Gasteiger partial charge in [0.1, 0.15) is 11.9 Å². The molecule has 0 bridgehead atoms. The van der Waals surface area contributed by atoms with Crippen LogP contribution < -0.4 is 20.3 Å². The highest BCUT2D eigenvalue weighted by molar-refractivity contribution is 7.13. The predicted octanol–water partition coefficient (Wildman–Crippen LogP) is 3.39. The van der Waals surface area contributed by atoms with Crippen molar-refractivity contribution in [2.45, 2.75) is 26.5 Å². The second-order valence-corrected chi connectivity index (χ2v) is 7.25. The summed E-state index contributed by atoms with van der Waals surface area (Å²) >= 11 is 7.51. The Morgan fingerprint density at radius 1 is 1.31 bits per heavy atom. The average Bonchev–Trinajstić information content (AvgIpc) is 3.09. The van der Waals surface area contributed by atoms with Crippen LogP contribution >= 0.6 is 22.9 Å². The second-order valence-electron chi connectivity index (χ2n) is 5.97. The van der Waals surface area contributed by atoms with Crippen molar-refractivity contribution < 1.29 is 4.74 Å². The molecule has 0 aliphatic carbocycles. The van der Waals surface area contributed by atoms with Gasteiger partial charge in [-0.1, -0.05) is 11.6 Å². The normalized spacial score (nSPS) is 12.6. The first-order valence-electron chi connectivity index (χ1n) is 8.54. The fraction of sp³-hybridized carbons (Fsp3) is 0.444. The van der Waals surface area contributed by atoms with Crippen molar-refractivity contribution in [2.24, 2.45) is 4.99 Å². The van der Waals surface area contributed by atoms with Crippen LogP contribution in [-0.4, -0.2) is 44.2 Å². The number of aliphatic imine (C=N–C) groups is 1. The first kappa shape index (κ1) is 20.3. The van der Waals surface area contributed by atoms with Gasteiger partial charge >= 0.3 is 0 Å². The van der Waals surface area contributed by atoms with Gasteiger partial charge in [0.2, 0.25) is 0 Å². The number of hydrogen-bond acceptors (Lipinski definition) is 5. The molecule has 6 nitrogen and oxygen atoms in total. The van der Waals surface area contributed by atoms with E-state index < -0.39 is 0 Å². The molecule has 2 aromatic rings. The summed E-state index contributed by atoms with van der Waals surface area (Å²) in [5.74, 6) is 1.54. The molecular formula is C18H26ClN5OS. The first-order chi connectivity index (χ1) is 12.5. The van der Waals surface area contributed by atoms with Crippen molar-refractivity contribution in [3.63, 3.8) is 0 Å². The molecule has 0 saturated heterocycles. The maximum Gasteiger partial charge on any atom is 0.191 e. The van der Waals surface area contributed by atoms with Crippen LogP contribution in [0.4, 0.5) is 5.13 Å². The van der Waals surface area contributed by atoms with Crippen LogP contribution in [0.5, 0.6) is 5.75 Å². The monoisotopic (exact) mass is 395 g/mol. The minimum atomic E-state index is -0.0142. The minimum Gasteiger partial charge on any atom is -0.489 e. The lowest BCUT2D eigenvalue weighted by molar-refractivity contribution is 0.224. The highest BCUT2D eigenvalue weighted by atomic mass is 35.5. The van der Waals surface area contributed by atoms with Crippen LogP contribution in [0.15, 0.2) is 34.6 Å². The Morgan fingerprint density at radius 3 is 2.65 bits per heavy atom. The van der Waals surface area contributed by atoms with Crippen molar-refractivity contribution >= 4 is 34.0 Å². The SMILES string of the molecule is CCNC(=NCc1csc(N(C)C)n1)NCC(C)Oc1ccc(Cl)cc1. The number of nitrogens with one attached hydrogen (secondary N) is 2. The zero-order valence-electron chi connectivity index (χ0n) is 15.6. The van der Waals surface area contributed by atoms with Gasteiger partial charge in [0, 0.05) is 31.0 Å². The standard InChI is InChI=1S/C18H26ClN5OS/c1-5-20-17(22-11-15-12-26-18(23-15)24(3)4)21-10-13(2)25-16-8-6-14(19)7-9-16/h6-9,12-13H,5,10-11H2,1-4H3,(H2,20,21,22). The van der Waals surface area contributed by atoms with Crippen LogP contribution in [0.25, 0.3) is 0 Å². The predicted molar refractivity (Wildman–Crippen MR) is 111 cm³/mol. The Bertz CT molecular complexity index is 702. The molecule has 8 heteroatoms. The number of ether oxygens (including phenoxy) is 1. The Kier molecular flexibility index (Phi) is 8.00. The molecule has 1 aromatic heterocycles. The lowest BCUT2D eigenvalue weighted by Gasteiger charge is -2.17. The molecule has 26 heavy (non-hydrogen) atoms. The molecule has 0 amide bonds. The quantitative estimate of drug-likeness (QED) is 0.530. The fourth-order valence-electron chi connectivity index (χ4n) is 2.10. The molecule has 0 fully saturated rings. The molecule has 2 rings (SSSR count). The van der Waals surface area contributed by atoms with Crippen LogP contribution in [0.3, 0.4) is 0 Å². The zero-order chi connectivity index (χ0) is 18.9. The van der Waals surface area contributed by atoms with Crippen LogP contribution in [0, 0.1) is 0 Å². The van der Waals surface area contributed by atoms with E-state index in [0.717, 1.165) is 29.1 Å². The summed E-state index contributed by atoms with van der Waals surface area (Å²) in [7, 11) is 3.97. The molecular weight excluding hydrogens is 370 g/mol. The number of guanidine groups is 1. The number of aromatic nitrogens is 1. The number of anilines is 1. The van der Waals surface area contributed by atoms with Crippen molar-refractivity contribution in [3.05, 3.63) is 40.4 Å². The largest absolute Gasteiger partial charge is 0.489 e. The number of thiazole rings is 1. The average molecular weight is 396 g/mol. The number of nitrogens with zero attached hydrogens (tertiary/aromatic N) is 3. The first-order valence-corrected chi connectivity index (χ1v) is 9.79. The summed E-state index contributed by atoms with van der Waals surface area (Å²) in [6.07, 6.45) is -0.0142. The molecule has 1 aromatic carbocycles. The molecule has 0 aliphatic rings. The van der Waals surface area contributed by atoms with Crippen LogP contribution in [-0.2, 0) is 6.54 Å². The molecule has 0 saturated carbocycles. The maximum atomic E-state index is 5.89. The summed E-state index contributed by atoms with van der Waals surface area (Å²) in [6.45, 7) is 6.01. The van der Waals surface area contributed by atoms with Crippen molar-refractivity contribution in [3.8, 4) is 5.75 Å².